The van der Waals surface area contributed by atoms with E-state index in [0.717, 1.165) is 28.7 Å². The number of benzene rings is 2. The number of ether oxygens (including phenoxy) is 2. The molecule has 0 saturated carbocycles. The molecule has 0 bridgehead atoms. The molecule has 3 aromatic rings. The zero-order chi connectivity index (χ0) is 24.0. The van der Waals surface area contributed by atoms with E-state index in [1.54, 1.807) is 7.11 Å². The molecule has 1 N–H and O–H groups in total. The number of hydrogen-bond acceptors (Lipinski definition) is 6. The summed E-state index contributed by atoms with van der Waals surface area (Å²) in [7, 11) is 1.54. The van der Waals surface area contributed by atoms with E-state index in [1.807, 2.05) is 55.5 Å². The van der Waals surface area contributed by atoms with Gasteiger partial charge in [-0.2, -0.15) is 0 Å². The van der Waals surface area contributed by atoms with Gasteiger partial charge >= 0.3 is 5.97 Å². The van der Waals surface area contributed by atoms with Gasteiger partial charge < -0.3 is 19.7 Å². The first kappa shape index (κ1) is 24.2. The summed E-state index contributed by atoms with van der Waals surface area (Å²) in [5.74, 6) is -1.01. The summed E-state index contributed by atoms with van der Waals surface area (Å²) >= 11 is 0. The molecule has 0 saturated heterocycles. The first-order valence-corrected chi connectivity index (χ1v) is 11.1. The van der Waals surface area contributed by atoms with Gasteiger partial charge in [0.05, 0.1) is 23.4 Å². The molecule has 0 unspecified atom stereocenters. The van der Waals surface area contributed by atoms with Crippen LogP contribution < -0.4 is 10.2 Å². The predicted molar refractivity (Wildman–Crippen MR) is 131 cm³/mol. The molecule has 0 spiro atoms. The maximum absolute atomic E-state index is 12.9. The van der Waals surface area contributed by atoms with Crippen LogP contribution >= 0.6 is 0 Å². The molecule has 0 aliphatic heterocycles. The van der Waals surface area contributed by atoms with Gasteiger partial charge in [-0.05, 0) is 63.6 Å². The smallest absolute Gasteiger partial charge is 0.340 e. The van der Waals surface area contributed by atoms with Crippen molar-refractivity contribution in [2.24, 2.45) is 0 Å². The molecule has 0 atom stereocenters. The Kier molecular flexibility index (Phi) is 8.01. The number of hydrogen-bond donors (Lipinski definition) is 1. The first-order chi connectivity index (χ1) is 15.8. The molecule has 3 rings (SSSR count). The molecule has 1 heterocycles. The highest BCUT2D eigenvalue weighted by Crippen LogP contribution is 2.24. The molecule has 33 heavy (non-hydrogen) atoms. The average molecular weight is 450 g/mol. The van der Waals surface area contributed by atoms with Crippen LogP contribution in [0.15, 0.2) is 48.5 Å². The normalized spacial score (nSPS) is 11.0. The number of aromatic nitrogens is 1. The standard InChI is InChI=1S/C26H31N3O4/c1-6-29(17(2)3)20-13-11-19(12-14-20)27-24(30)16-33-26(31)25-18(4)21-9-7-8-10-22(21)28-23(25)15-32-5/h7-14,17H,6,15-16H2,1-5H3,(H,27,30). The fourth-order valence-corrected chi connectivity index (χ4v) is 3.94. The summed E-state index contributed by atoms with van der Waals surface area (Å²) in [6.45, 7) is 8.89. The highest BCUT2D eigenvalue weighted by molar-refractivity contribution is 6.00. The van der Waals surface area contributed by atoms with Crippen molar-refractivity contribution in [3.05, 3.63) is 65.4 Å². The number of nitrogens with one attached hydrogen (secondary N) is 1. The Morgan fingerprint density at radius 1 is 1.09 bits per heavy atom. The molecular weight excluding hydrogens is 418 g/mol. The van der Waals surface area contributed by atoms with Gasteiger partial charge in [0.1, 0.15) is 0 Å². The van der Waals surface area contributed by atoms with E-state index in [-0.39, 0.29) is 6.61 Å². The predicted octanol–water partition coefficient (Wildman–Crippen LogP) is 4.72. The number of nitrogens with zero attached hydrogens (tertiary/aromatic N) is 2. The van der Waals surface area contributed by atoms with E-state index >= 15 is 0 Å². The first-order valence-electron chi connectivity index (χ1n) is 11.1. The monoisotopic (exact) mass is 449 g/mol. The van der Waals surface area contributed by atoms with E-state index in [4.69, 9.17) is 9.47 Å². The molecule has 1 amide bonds. The van der Waals surface area contributed by atoms with Crippen LogP contribution in [0.2, 0.25) is 0 Å². The minimum atomic E-state index is -0.598. The van der Waals surface area contributed by atoms with E-state index in [2.05, 4.69) is 36.0 Å². The molecule has 0 aliphatic carbocycles. The Labute approximate surface area is 194 Å². The quantitative estimate of drug-likeness (QED) is 0.476. The van der Waals surface area contributed by atoms with Gasteiger partial charge in [0.2, 0.25) is 0 Å². The average Bonchev–Trinajstić information content (AvgIpc) is 2.79. The minimum Gasteiger partial charge on any atom is -0.452 e. The fraction of sp³-hybridized carbons (Fsp3) is 0.346. The number of carbonyl (C=O) groups excluding carboxylic acids is 2. The molecule has 7 heteroatoms. The number of rotatable bonds is 9. The lowest BCUT2D eigenvalue weighted by molar-refractivity contribution is -0.119. The number of esters is 1. The van der Waals surface area contributed by atoms with Crippen molar-refractivity contribution in [1.82, 2.24) is 4.98 Å². The molecule has 1 aromatic heterocycles. The van der Waals surface area contributed by atoms with Gasteiger partial charge in [-0.3, -0.25) is 4.79 Å². The van der Waals surface area contributed by atoms with Crippen molar-refractivity contribution in [3.63, 3.8) is 0 Å². The number of aryl methyl sites for hydroxylation is 1. The summed E-state index contributed by atoms with van der Waals surface area (Å²) in [6.07, 6.45) is 0. The van der Waals surface area contributed by atoms with Crippen LogP contribution in [0, 0.1) is 6.92 Å². The second-order valence-electron chi connectivity index (χ2n) is 8.06. The number of methoxy groups -OCH3 is 1. The summed E-state index contributed by atoms with van der Waals surface area (Å²) in [6, 6.07) is 15.6. The van der Waals surface area contributed by atoms with Crippen LogP contribution in [-0.4, -0.2) is 43.2 Å². The van der Waals surface area contributed by atoms with Crippen LogP contribution in [0.4, 0.5) is 11.4 Å². The Bertz CT molecular complexity index is 1130. The summed E-state index contributed by atoms with van der Waals surface area (Å²) in [4.78, 5) is 32.1. The van der Waals surface area contributed by atoms with Crippen LogP contribution in [0.25, 0.3) is 10.9 Å². The summed E-state index contributed by atoms with van der Waals surface area (Å²) < 4.78 is 10.6. The third-order valence-corrected chi connectivity index (χ3v) is 5.49. The SMILES string of the molecule is CCN(c1ccc(NC(=O)COC(=O)c2c(COC)nc3ccccc3c2C)cc1)C(C)C. The molecule has 7 nitrogen and oxygen atoms in total. The molecule has 2 aromatic carbocycles. The van der Waals surface area contributed by atoms with Gasteiger partial charge in [-0.15, -0.1) is 0 Å². The van der Waals surface area contributed by atoms with Gasteiger partial charge in [0.25, 0.3) is 5.91 Å². The van der Waals surface area contributed by atoms with E-state index in [1.165, 1.54) is 0 Å². The number of para-hydroxylation sites is 1. The lowest BCUT2D eigenvalue weighted by Crippen LogP contribution is -2.30. The van der Waals surface area contributed by atoms with Gasteiger partial charge in [0, 0.05) is 36.5 Å². The van der Waals surface area contributed by atoms with Crippen molar-refractivity contribution < 1.29 is 19.1 Å². The largest absolute Gasteiger partial charge is 0.452 e. The highest BCUT2D eigenvalue weighted by Gasteiger charge is 2.21. The minimum absolute atomic E-state index is 0.166. The van der Waals surface area contributed by atoms with Crippen LogP contribution in [0.5, 0.6) is 0 Å². The van der Waals surface area contributed by atoms with E-state index in [0.29, 0.717) is 23.0 Å². The van der Waals surface area contributed by atoms with Crippen molar-refractivity contribution in [2.75, 3.05) is 30.5 Å². The van der Waals surface area contributed by atoms with Crippen LogP contribution in [-0.2, 0) is 20.9 Å². The number of fused-ring (bicyclic) bond motifs is 1. The Balaban J connectivity index is 1.68. The third-order valence-electron chi connectivity index (χ3n) is 5.49. The highest BCUT2D eigenvalue weighted by atomic mass is 16.5. The summed E-state index contributed by atoms with van der Waals surface area (Å²) in [5.41, 5.74) is 4.07. The van der Waals surface area contributed by atoms with Crippen molar-refractivity contribution in [3.8, 4) is 0 Å². The molecule has 0 fully saturated rings. The van der Waals surface area contributed by atoms with Gasteiger partial charge in [-0.25, -0.2) is 9.78 Å². The number of anilines is 2. The Morgan fingerprint density at radius 3 is 2.42 bits per heavy atom. The number of amides is 1. The molecular formula is C26H31N3O4. The topological polar surface area (TPSA) is 80.8 Å². The number of carbonyl (C=O) groups is 2. The Morgan fingerprint density at radius 2 is 1.79 bits per heavy atom. The van der Waals surface area contributed by atoms with Crippen molar-refractivity contribution in [1.29, 1.82) is 0 Å². The van der Waals surface area contributed by atoms with Gasteiger partial charge in [-0.1, -0.05) is 18.2 Å². The lowest BCUT2D eigenvalue weighted by Gasteiger charge is -2.27. The number of pyridine rings is 1. The Hall–Kier alpha value is -3.45. The second-order valence-corrected chi connectivity index (χ2v) is 8.06. The maximum atomic E-state index is 12.9. The van der Waals surface area contributed by atoms with Gasteiger partial charge in [0.15, 0.2) is 6.61 Å². The zero-order valence-corrected chi connectivity index (χ0v) is 19.8. The van der Waals surface area contributed by atoms with Crippen molar-refractivity contribution in [2.45, 2.75) is 40.3 Å². The zero-order valence-electron chi connectivity index (χ0n) is 19.8. The molecule has 0 radical (unpaired) electrons. The fourth-order valence-electron chi connectivity index (χ4n) is 3.94. The molecule has 0 aliphatic rings. The summed E-state index contributed by atoms with van der Waals surface area (Å²) in [5, 5.41) is 3.63. The van der Waals surface area contributed by atoms with Crippen molar-refractivity contribution >= 4 is 34.2 Å². The molecule has 174 valence electrons. The third kappa shape index (κ3) is 5.68. The maximum Gasteiger partial charge on any atom is 0.340 e. The lowest BCUT2D eigenvalue weighted by atomic mass is 10.0. The van der Waals surface area contributed by atoms with E-state index < -0.39 is 18.5 Å². The van der Waals surface area contributed by atoms with Crippen LogP contribution in [0.1, 0.15) is 42.4 Å². The van der Waals surface area contributed by atoms with Crippen LogP contribution in [0.3, 0.4) is 0 Å². The second kappa shape index (κ2) is 10.9. The van der Waals surface area contributed by atoms with E-state index in [9.17, 15) is 9.59 Å².